The lowest BCUT2D eigenvalue weighted by molar-refractivity contribution is 0.204. The topological polar surface area (TPSA) is 54.4 Å². The van der Waals surface area contributed by atoms with Crippen molar-refractivity contribution in [3.8, 4) is 0 Å². The number of hydrogen-bond acceptors (Lipinski definition) is 4. The summed E-state index contributed by atoms with van der Waals surface area (Å²) in [5.41, 5.74) is 0.857. The normalized spacial score (nSPS) is 13.0. The highest BCUT2D eigenvalue weighted by Gasteiger charge is 2.14. The SMILES string of the molecule is O=S(=O)(CCSC[C@H](O)c1ccccc1)c1ccccc1. The van der Waals surface area contributed by atoms with Gasteiger partial charge in [-0.05, 0) is 17.7 Å². The molecular weight excluding hydrogens is 304 g/mol. The number of thioether (sulfide) groups is 1. The fraction of sp³-hybridized carbons (Fsp3) is 0.250. The molecule has 1 N–H and O–H groups in total. The van der Waals surface area contributed by atoms with Gasteiger partial charge in [0.1, 0.15) is 0 Å². The van der Waals surface area contributed by atoms with Crippen molar-refractivity contribution in [3.63, 3.8) is 0 Å². The minimum atomic E-state index is -3.23. The first-order valence-electron chi connectivity index (χ1n) is 6.68. The van der Waals surface area contributed by atoms with E-state index in [-0.39, 0.29) is 5.75 Å². The zero-order valence-electron chi connectivity index (χ0n) is 11.6. The molecule has 0 bridgehead atoms. The summed E-state index contributed by atoms with van der Waals surface area (Å²) in [6, 6.07) is 17.8. The Morgan fingerprint density at radius 1 is 0.952 bits per heavy atom. The summed E-state index contributed by atoms with van der Waals surface area (Å²) in [4.78, 5) is 0.356. The van der Waals surface area contributed by atoms with Gasteiger partial charge in [-0.15, -0.1) is 0 Å². The van der Waals surface area contributed by atoms with Crippen LogP contribution >= 0.6 is 11.8 Å². The van der Waals surface area contributed by atoms with Gasteiger partial charge < -0.3 is 5.11 Å². The van der Waals surface area contributed by atoms with Crippen molar-refractivity contribution in [3.05, 3.63) is 66.2 Å². The van der Waals surface area contributed by atoms with E-state index in [9.17, 15) is 13.5 Å². The van der Waals surface area contributed by atoms with Crippen LogP contribution in [-0.2, 0) is 9.84 Å². The smallest absolute Gasteiger partial charge is 0.179 e. The Morgan fingerprint density at radius 2 is 1.52 bits per heavy atom. The predicted molar refractivity (Wildman–Crippen MR) is 87.2 cm³/mol. The van der Waals surface area contributed by atoms with Crippen molar-refractivity contribution in [2.75, 3.05) is 17.3 Å². The lowest BCUT2D eigenvalue weighted by Gasteiger charge is -2.10. The van der Waals surface area contributed by atoms with Crippen molar-refractivity contribution in [2.24, 2.45) is 0 Å². The number of aliphatic hydroxyl groups excluding tert-OH is 1. The molecule has 0 spiro atoms. The zero-order valence-corrected chi connectivity index (χ0v) is 13.2. The second-order valence-electron chi connectivity index (χ2n) is 4.63. The van der Waals surface area contributed by atoms with Gasteiger partial charge in [-0.1, -0.05) is 48.5 Å². The highest BCUT2D eigenvalue weighted by atomic mass is 32.2. The lowest BCUT2D eigenvalue weighted by atomic mass is 10.1. The van der Waals surface area contributed by atoms with Crippen LogP contribution in [0.25, 0.3) is 0 Å². The third kappa shape index (κ3) is 4.88. The van der Waals surface area contributed by atoms with E-state index in [4.69, 9.17) is 0 Å². The Morgan fingerprint density at radius 3 is 2.14 bits per heavy atom. The van der Waals surface area contributed by atoms with Crippen LogP contribution in [0.4, 0.5) is 0 Å². The molecule has 0 radical (unpaired) electrons. The molecule has 0 heterocycles. The average molecular weight is 322 g/mol. The van der Waals surface area contributed by atoms with E-state index < -0.39 is 15.9 Å². The molecule has 0 aliphatic rings. The van der Waals surface area contributed by atoms with Gasteiger partial charge in [0, 0.05) is 11.5 Å². The van der Waals surface area contributed by atoms with Gasteiger partial charge in [0.05, 0.1) is 16.8 Å². The van der Waals surface area contributed by atoms with Gasteiger partial charge in [-0.3, -0.25) is 0 Å². The number of sulfone groups is 1. The fourth-order valence-electron chi connectivity index (χ4n) is 1.88. The van der Waals surface area contributed by atoms with Crippen LogP contribution in [0.1, 0.15) is 11.7 Å². The Bertz CT molecular complexity index is 640. The molecule has 3 nitrogen and oxygen atoms in total. The highest BCUT2D eigenvalue weighted by molar-refractivity contribution is 8.00. The monoisotopic (exact) mass is 322 g/mol. The molecule has 0 fully saturated rings. The van der Waals surface area contributed by atoms with E-state index in [1.807, 2.05) is 30.3 Å². The molecule has 2 aromatic rings. The van der Waals surface area contributed by atoms with Gasteiger partial charge in [0.25, 0.3) is 0 Å². The van der Waals surface area contributed by atoms with Crippen LogP contribution in [-0.4, -0.2) is 30.8 Å². The van der Waals surface area contributed by atoms with Gasteiger partial charge in [-0.2, -0.15) is 11.8 Å². The predicted octanol–water partition coefficient (Wildman–Crippen LogP) is 2.93. The van der Waals surface area contributed by atoms with Gasteiger partial charge in [0.15, 0.2) is 9.84 Å². The maximum Gasteiger partial charge on any atom is 0.179 e. The van der Waals surface area contributed by atoms with Crippen molar-refractivity contribution < 1.29 is 13.5 Å². The molecule has 2 aromatic carbocycles. The van der Waals surface area contributed by atoms with Crippen LogP contribution < -0.4 is 0 Å². The first-order chi connectivity index (χ1) is 10.1. The van der Waals surface area contributed by atoms with E-state index in [1.54, 1.807) is 30.3 Å². The minimum Gasteiger partial charge on any atom is -0.388 e. The van der Waals surface area contributed by atoms with E-state index >= 15 is 0 Å². The molecule has 0 aromatic heterocycles. The third-order valence-corrected chi connectivity index (χ3v) is 6.09. The maximum atomic E-state index is 12.1. The Kier molecular flexibility index (Phi) is 5.85. The minimum absolute atomic E-state index is 0.0865. The summed E-state index contributed by atoms with van der Waals surface area (Å²) < 4.78 is 24.1. The van der Waals surface area contributed by atoms with Gasteiger partial charge in [0.2, 0.25) is 0 Å². The molecule has 2 rings (SSSR count). The molecule has 21 heavy (non-hydrogen) atoms. The summed E-state index contributed by atoms with van der Waals surface area (Å²) in [5.74, 6) is 1.05. The highest BCUT2D eigenvalue weighted by Crippen LogP contribution is 2.19. The summed E-state index contributed by atoms with van der Waals surface area (Å²) in [5, 5.41) is 10.00. The first-order valence-corrected chi connectivity index (χ1v) is 9.49. The molecule has 0 amide bonds. The standard InChI is InChI=1S/C16H18O3S2/c17-16(14-7-3-1-4-8-14)13-20-11-12-21(18,19)15-9-5-2-6-10-15/h1-10,16-17H,11-13H2/t16-/m0/s1. The number of benzene rings is 2. The summed E-state index contributed by atoms with van der Waals surface area (Å²) in [6.45, 7) is 0. The third-order valence-electron chi connectivity index (χ3n) is 3.06. The molecular formula is C16H18O3S2. The second-order valence-corrected chi connectivity index (χ2v) is 7.89. The fourth-order valence-corrected chi connectivity index (χ4v) is 4.62. The van der Waals surface area contributed by atoms with Gasteiger partial charge >= 0.3 is 0 Å². The Labute approximate surface area is 129 Å². The largest absolute Gasteiger partial charge is 0.388 e. The van der Waals surface area contributed by atoms with Crippen molar-refractivity contribution in [1.29, 1.82) is 0 Å². The van der Waals surface area contributed by atoms with E-state index in [0.717, 1.165) is 5.56 Å². The molecule has 0 unspecified atom stereocenters. The maximum absolute atomic E-state index is 12.1. The summed E-state index contributed by atoms with van der Waals surface area (Å²) in [6.07, 6.45) is -0.560. The molecule has 112 valence electrons. The number of rotatable bonds is 7. The van der Waals surface area contributed by atoms with Crippen molar-refractivity contribution in [1.82, 2.24) is 0 Å². The van der Waals surface area contributed by atoms with Crippen LogP contribution in [0, 0.1) is 0 Å². The second kappa shape index (κ2) is 7.64. The molecule has 0 saturated carbocycles. The molecule has 0 saturated heterocycles. The quantitative estimate of drug-likeness (QED) is 0.796. The number of hydrogen-bond donors (Lipinski definition) is 1. The lowest BCUT2D eigenvalue weighted by Crippen LogP contribution is -2.10. The average Bonchev–Trinajstić information content (AvgIpc) is 2.53. The Hall–Kier alpha value is -1.30. The van der Waals surface area contributed by atoms with Gasteiger partial charge in [-0.25, -0.2) is 8.42 Å². The van der Waals surface area contributed by atoms with Crippen molar-refractivity contribution >= 4 is 21.6 Å². The summed E-state index contributed by atoms with van der Waals surface area (Å²) >= 11 is 1.45. The Balaban J connectivity index is 1.80. The first kappa shape index (κ1) is 16.1. The van der Waals surface area contributed by atoms with Crippen LogP contribution in [0.5, 0.6) is 0 Å². The van der Waals surface area contributed by atoms with Crippen molar-refractivity contribution in [2.45, 2.75) is 11.0 Å². The number of aliphatic hydroxyl groups is 1. The van der Waals surface area contributed by atoms with Crippen LogP contribution in [0.2, 0.25) is 0 Å². The van der Waals surface area contributed by atoms with Crippen LogP contribution in [0.15, 0.2) is 65.6 Å². The summed E-state index contributed by atoms with van der Waals surface area (Å²) in [7, 11) is -3.23. The molecule has 1 atom stereocenters. The molecule has 0 aliphatic heterocycles. The van der Waals surface area contributed by atoms with E-state index in [0.29, 0.717) is 16.4 Å². The zero-order chi connectivity index (χ0) is 15.1. The van der Waals surface area contributed by atoms with E-state index in [1.165, 1.54) is 11.8 Å². The molecule has 5 heteroatoms. The van der Waals surface area contributed by atoms with Crippen LogP contribution in [0.3, 0.4) is 0 Å². The molecule has 0 aliphatic carbocycles. The van der Waals surface area contributed by atoms with E-state index in [2.05, 4.69) is 0 Å².